The highest BCUT2D eigenvalue weighted by atomic mass is 16.4. The van der Waals surface area contributed by atoms with Crippen molar-refractivity contribution < 1.29 is 9.90 Å². The summed E-state index contributed by atoms with van der Waals surface area (Å²) < 4.78 is 0. The van der Waals surface area contributed by atoms with Crippen molar-refractivity contribution in [3.05, 3.63) is 10.4 Å². The Morgan fingerprint density at radius 3 is 2.69 bits per heavy atom. The Hall–Kier alpha value is -1.26. The van der Waals surface area contributed by atoms with Crippen LogP contribution in [0.3, 0.4) is 0 Å². The topological polar surface area (TPSA) is 98.1 Å². The normalized spacial score (nSPS) is 27.4. The summed E-state index contributed by atoms with van der Waals surface area (Å²) >= 11 is 0. The smallest absolute Gasteiger partial charge is 0.323 e. The van der Waals surface area contributed by atoms with Crippen LogP contribution in [-0.2, 0) is 4.79 Å². The third-order valence-corrected chi connectivity index (χ3v) is 3.16. The summed E-state index contributed by atoms with van der Waals surface area (Å²) in [5, 5.41) is 15.7. The Balaban J connectivity index is 2.61. The zero-order valence-electron chi connectivity index (χ0n) is 9.73. The van der Waals surface area contributed by atoms with Crippen LogP contribution in [0.15, 0.2) is 5.11 Å². The van der Waals surface area contributed by atoms with Gasteiger partial charge in [0.05, 0.1) is 0 Å². The number of carboxylic acid groups (broad SMARTS) is 1. The number of nitrogens with one attached hydrogen (secondary N) is 1. The molecule has 0 amide bonds. The fourth-order valence-electron chi connectivity index (χ4n) is 2.34. The van der Waals surface area contributed by atoms with Crippen LogP contribution in [0.25, 0.3) is 10.4 Å². The molecule has 0 heterocycles. The van der Waals surface area contributed by atoms with Crippen molar-refractivity contribution in [1.82, 2.24) is 5.32 Å². The van der Waals surface area contributed by atoms with Gasteiger partial charge in [0.2, 0.25) is 0 Å². The lowest BCUT2D eigenvalue weighted by atomic mass is 9.87. The SMILES string of the molecule is CC1(C)CCC(NCCN=[N+]=[N-])(C(=O)O)C1. The lowest BCUT2D eigenvalue weighted by Gasteiger charge is -2.27. The maximum Gasteiger partial charge on any atom is 0.323 e. The number of aliphatic carboxylic acids is 1. The molecular formula is C10H18N4O2. The van der Waals surface area contributed by atoms with E-state index in [-0.39, 0.29) is 12.0 Å². The van der Waals surface area contributed by atoms with Crippen LogP contribution in [0, 0.1) is 5.41 Å². The van der Waals surface area contributed by atoms with Gasteiger partial charge in [0.25, 0.3) is 0 Å². The van der Waals surface area contributed by atoms with Crippen molar-refractivity contribution in [2.24, 2.45) is 10.5 Å². The van der Waals surface area contributed by atoms with Crippen molar-refractivity contribution in [3.63, 3.8) is 0 Å². The first-order valence-corrected chi connectivity index (χ1v) is 5.41. The first kappa shape index (κ1) is 12.8. The molecule has 6 heteroatoms. The average Bonchev–Trinajstić information content (AvgIpc) is 2.51. The van der Waals surface area contributed by atoms with Gasteiger partial charge in [0.1, 0.15) is 5.54 Å². The molecule has 1 rings (SSSR count). The molecule has 1 atom stereocenters. The Morgan fingerprint density at radius 1 is 1.56 bits per heavy atom. The van der Waals surface area contributed by atoms with Gasteiger partial charge < -0.3 is 10.4 Å². The van der Waals surface area contributed by atoms with Gasteiger partial charge in [-0.1, -0.05) is 19.0 Å². The number of nitrogens with zero attached hydrogens (tertiary/aromatic N) is 3. The second-order valence-corrected chi connectivity index (χ2v) is 5.11. The fourth-order valence-corrected chi connectivity index (χ4v) is 2.34. The van der Waals surface area contributed by atoms with Gasteiger partial charge in [0, 0.05) is 18.0 Å². The van der Waals surface area contributed by atoms with E-state index in [1.54, 1.807) is 0 Å². The largest absolute Gasteiger partial charge is 0.480 e. The van der Waals surface area contributed by atoms with Crippen LogP contribution < -0.4 is 5.32 Å². The van der Waals surface area contributed by atoms with E-state index in [4.69, 9.17) is 5.53 Å². The minimum absolute atomic E-state index is 0.0594. The van der Waals surface area contributed by atoms with Gasteiger partial charge in [-0.25, -0.2) is 0 Å². The molecule has 1 unspecified atom stereocenters. The fraction of sp³-hybridized carbons (Fsp3) is 0.900. The lowest BCUT2D eigenvalue weighted by molar-refractivity contribution is -0.145. The molecule has 0 saturated heterocycles. The van der Waals surface area contributed by atoms with Crippen molar-refractivity contribution in [2.75, 3.05) is 13.1 Å². The lowest BCUT2D eigenvalue weighted by Crippen LogP contribution is -2.51. The molecule has 90 valence electrons. The Labute approximate surface area is 94.7 Å². The Kier molecular flexibility index (Phi) is 3.78. The standard InChI is InChI=1S/C10H18N4O2/c1-9(2)3-4-10(7-9,8(15)16)12-5-6-13-14-11/h12H,3-7H2,1-2H3,(H,15,16). The predicted octanol–water partition coefficient (Wildman–Crippen LogP) is 1.92. The monoisotopic (exact) mass is 226 g/mol. The second-order valence-electron chi connectivity index (χ2n) is 5.11. The third kappa shape index (κ3) is 2.87. The van der Waals surface area contributed by atoms with Crippen LogP contribution in [0.1, 0.15) is 33.1 Å². The summed E-state index contributed by atoms with van der Waals surface area (Å²) in [6.45, 7) is 4.85. The van der Waals surface area contributed by atoms with Gasteiger partial charge in [-0.2, -0.15) is 0 Å². The van der Waals surface area contributed by atoms with Crippen LogP contribution in [0.2, 0.25) is 0 Å². The minimum Gasteiger partial charge on any atom is -0.480 e. The summed E-state index contributed by atoms with van der Waals surface area (Å²) in [7, 11) is 0. The Morgan fingerprint density at radius 2 is 2.25 bits per heavy atom. The number of rotatable bonds is 5. The molecule has 2 N–H and O–H groups in total. The molecule has 0 aromatic carbocycles. The predicted molar refractivity (Wildman–Crippen MR) is 60.0 cm³/mol. The van der Waals surface area contributed by atoms with E-state index in [2.05, 4.69) is 29.2 Å². The van der Waals surface area contributed by atoms with E-state index < -0.39 is 11.5 Å². The van der Waals surface area contributed by atoms with E-state index in [1.807, 2.05) is 0 Å². The molecular weight excluding hydrogens is 208 g/mol. The van der Waals surface area contributed by atoms with Crippen LogP contribution in [-0.4, -0.2) is 29.7 Å². The highest BCUT2D eigenvalue weighted by Crippen LogP contribution is 2.43. The summed E-state index contributed by atoms with van der Waals surface area (Å²) in [5.41, 5.74) is 7.35. The van der Waals surface area contributed by atoms with E-state index in [0.29, 0.717) is 19.4 Å². The average molecular weight is 226 g/mol. The molecule has 0 radical (unpaired) electrons. The highest BCUT2D eigenvalue weighted by Gasteiger charge is 2.48. The summed E-state index contributed by atoms with van der Waals surface area (Å²) in [5.74, 6) is -0.806. The first-order chi connectivity index (χ1) is 7.42. The molecule has 1 aliphatic carbocycles. The molecule has 1 saturated carbocycles. The van der Waals surface area contributed by atoms with Gasteiger partial charge >= 0.3 is 5.97 Å². The summed E-state index contributed by atoms with van der Waals surface area (Å²) in [6.07, 6.45) is 2.14. The summed E-state index contributed by atoms with van der Waals surface area (Å²) in [4.78, 5) is 13.9. The van der Waals surface area contributed by atoms with E-state index in [9.17, 15) is 9.90 Å². The van der Waals surface area contributed by atoms with Gasteiger partial charge in [-0.3, -0.25) is 4.79 Å². The molecule has 0 aromatic rings. The van der Waals surface area contributed by atoms with Gasteiger partial charge in [-0.05, 0) is 30.2 Å². The maximum absolute atomic E-state index is 11.3. The molecule has 1 aliphatic rings. The Bertz CT molecular complexity index is 323. The van der Waals surface area contributed by atoms with E-state index in [0.717, 1.165) is 6.42 Å². The van der Waals surface area contributed by atoms with Crippen LogP contribution in [0.5, 0.6) is 0 Å². The van der Waals surface area contributed by atoms with Gasteiger partial charge in [0.15, 0.2) is 0 Å². The molecule has 0 aromatic heterocycles. The molecule has 16 heavy (non-hydrogen) atoms. The highest BCUT2D eigenvalue weighted by molar-refractivity contribution is 5.79. The van der Waals surface area contributed by atoms with Crippen LogP contribution in [0.4, 0.5) is 0 Å². The van der Waals surface area contributed by atoms with E-state index >= 15 is 0 Å². The molecule has 0 spiro atoms. The second kappa shape index (κ2) is 4.72. The van der Waals surface area contributed by atoms with Crippen LogP contribution >= 0.6 is 0 Å². The quantitative estimate of drug-likeness (QED) is 0.324. The van der Waals surface area contributed by atoms with Crippen molar-refractivity contribution >= 4 is 5.97 Å². The number of hydrogen-bond acceptors (Lipinski definition) is 3. The van der Waals surface area contributed by atoms with Crippen molar-refractivity contribution in [1.29, 1.82) is 0 Å². The third-order valence-electron chi connectivity index (χ3n) is 3.16. The zero-order chi connectivity index (χ0) is 12.2. The maximum atomic E-state index is 11.3. The molecule has 1 fully saturated rings. The summed E-state index contributed by atoms with van der Waals surface area (Å²) in [6, 6.07) is 0. The van der Waals surface area contributed by atoms with Crippen molar-refractivity contribution in [3.8, 4) is 0 Å². The molecule has 0 aliphatic heterocycles. The first-order valence-electron chi connectivity index (χ1n) is 5.41. The minimum atomic E-state index is -0.839. The van der Waals surface area contributed by atoms with Gasteiger partial charge in [-0.15, -0.1) is 0 Å². The number of azide groups is 1. The zero-order valence-corrected chi connectivity index (χ0v) is 9.73. The number of carboxylic acids is 1. The molecule has 0 bridgehead atoms. The van der Waals surface area contributed by atoms with Crippen molar-refractivity contribution in [2.45, 2.75) is 38.6 Å². The number of hydrogen-bond donors (Lipinski definition) is 2. The van der Waals surface area contributed by atoms with E-state index in [1.165, 1.54) is 0 Å². The molecule has 6 nitrogen and oxygen atoms in total. The number of carbonyl (C=O) groups is 1.